The fourth-order valence-electron chi connectivity index (χ4n) is 3.84. The third-order valence-corrected chi connectivity index (χ3v) is 5.69. The van der Waals surface area contributed by atoms with Crippen molar-refractivity contribution in [1.82, 2.24) is 0 Å². The van der Waals surface area contributed by atoms with E-state index < -0.39 is 41.8 Å². The summed E-state index contributed by atoms with van der Waals surface area (Å²) in [6.07, 6.45) is 8.50. The van der Waals surface area contributed by atoms with Crippen LogP contribution in [0.2, 0.25) is 0 Å². The van der Waals surface area contributed by atoms with Gasteiger partial charge in [0.15, 0.2) is 0 Å². The fraction of sp³-hybridized carbons (Fsp3) is 0.833. The predicted octanol–water partition coefficient (Wildman–Crippen LogP) is 5.28. The molecule has 0 amide bonds. The Labute approximate surface area is 191 Å². The van der Waals surface area contributed by atoms with E-state index in [9.17, 15) is 34.5 Å². The second-order valence-electron chi connectivity index (χ2n) is 9.03. The summed E-state index contributed by atoms with van der Waals surface area (Å²) >= 11 is 0. The third-order valence-electron chi connectivity index (χ3n) is 5.69. The van der Waals surface area contributed by atoms with Gasteiger partial charge in [-0.05, 0) is 18.8 Å². The molecule has 0 aliphatic rings. The molecule has 2 atom stereocenters. The number of carbonyl (C=O) groups excluding carboxylic acids is 1. The van der Waals surface area contributed by atoms with Crippen LogP contribution in [0.5, 0.6) is 0 Å². The van der Waals surface area contributed by atoms with Crippen molar-refractivity contribution in [3.8, 4) is 0 Å². The van der Waals surface area contributed by atoms with E-state index in [0.717, 1.165) is 38.5 Å². The van der Waals surface area contributed by atoms with Crippen LogP contribution in [0.1, 0.15) is 111 Å². The number of carboxylic acid groups (broad SMARTS) is 3. The van der Waals surface area contributed by atoms with Crippen molar-refractivity contribution in [1.29, 1.82) is 0 Å². The van der Waals surface area contributed by atoms with Crippen molar-refractivity contribution in [2.75, 3.05) is 0 Å². The summed E-state index contributed by atoms with van der Waals surface area (Å²) in [5.41, 5.74) is -2.61. The molecule has 0 saturated heterocycles. The topological polar surface area (TPSA) is 138 Å². The second kappa shape index (κ2) is 16.5. The average Bonchev–Trinajstić information content (AvgIpc) is 2.68. The minimum atomic E-state index is -2.61. The molecule has 0 aliphatic heterocycles. The van der Waals surface area contributed by atoms with Crippen molar-refractivity contribution >= 4 is 23.9 Å². The van der Waals surface area contributed by atoms with Crippen LogP contribution in [0.3, 0.4) is 0 Å². The highest BCUT2D eigenvalue weighted by Gasteiger charge is 2.54. The van der Waals surface area contributed by atoms with Gasteiger partial charge in [0.2, 0.25) is 5.60 Å². The number of unbranched alkanes of at least 4 members (excludes halogenated alkanes) is 8. The van der Waals surface area contributed by atoms with Gasteiger partial charge in [-0.2, -0.15) is 0 Å². The Bertz CT molecular complexity index is 587. The molecule has 0 spiro atoms. The molecule has 2 unspecified atom stereocenters. The Morgan fingerprint density at radius 2 is 1.31 bits per heavy atom. The van der Waals surface area contributed by atoms with Gasteiger partial charge in [0.1, 0.15) is 5.92 Å². The van der Waals surface area contributed by atoms with Gasteiger partial charge in [0.25, 0.3) is 0 Å². The van der Waals surface area contributed by atoms with Gasteiger partial charge < -0.3 is 20.1 Å². The van der Waals surface area contributed by atoms with E-state index in [0.29, 0.717) is 25.2 Å². The lowest BCUT2D eigenvalue weighted by molar-refractivity contribution is -0.195. The average molecular weight is 459 g/mol. The molecule has 32 heavy (non-hydrogen) atoms. The van der Waals surface area contributed by atoms with Crippen molar-refractivity contribution < 1.29 is 39.2 Å². The normalized spacial score (nSPS) is 14.0. The molecule has 8 heteroatoms. The summed E-state index contributed by atoms with van der Waals surface area (Å²) in [5, 5.41) is 28.7. The summed E-state index contributed by atoms with van der Waals surface area (Å²) < 4.78 is 5.12. The van der Waals surface area contributed by atoms with Gasteiger partial charge in [-0.15, -0.1) is 0 Å². The van der Waals surface area contributed by atoms with Gasteiger partial charge in [-0.1, -0.05) is 85.0 Å². The molecule has 186 valence electrons. The van der Waals surface area contributed by atoms with E-state index in [1.807, 2.05) is 6.92 Å². The molecule has 0 aromatic carbocycles. The smallest absolute Gasteiger partial charge is 0.349 e. The number of esters is 1. The van der Waals surface area contributed by atoms with E-state index in [1.54, 1.807) is 0 Å². The summed E-state index contributed by atoms with van der Waals surface area (Å²) in [7, 11) is 0. The van der Waals surface area contributed by atoms with Crippen molar-refractivity contribution in [3.05, 3.63) is 0 Å². The van der Waals surface area contributed by atoms with Gasteiger partial charge in [0.05, 0.1) is 6.42 Å². The molecular formula is C24H42O8. The zero-order chi connectivity index (χ0) is 24.6. The zero-order valence-corrected chi connectivity index (χ0v) is 19.9. The maximum absolute atomic E-state index is 12.2. The largest absolute Gasteiger partial charge is 0.481 e. The monoisotopic (exact) mass is 458 g/mol. The maximum atomic E-state index is 12.2. The lowest BCUT2D eigenvalue weighted by Crippen LogP contribution is -2.54. The van der Waals surface area contributed by atoms with Crippen LogP contribution < -0.4 is 0 Å². The molecular weight excluding hydrogens is 416 g/mol. The molecule has 0 saturated carbocycles. The van der Waals surface area contributed by atoms with Crippen molar-refractivity contribution in [3.63, 3.8) is 0 Å². The predicted molar refractivity (Wildman–Crippen MR) is 120 cm³/mol. The second-order valence-corrected chi connectivity index (χ2v) is 9.03. The standard InChI is InChI=1S/C24H42O8/c1-4-5-11-16-21(27)32-24(23(30)31,17-20(25)26)19(22(28)29)15-13-10-8-6-7-9-12-14-18(2)3/h18-19H,4-17H2,1-3H3,(H,25,26)(H,28,29)(H,30,31). The first-order chi connectivity index (χ1) is 15.1. The molecule has 0 rings (SSSR count). The number of hydrogen-bond acceptors (Lipinski definition) is 5. The SMILES string of the molecule is CCCCCC(=O)OC(CC(=O)O)(C(=O)O)C(CCCCCCCCCC(C)C)C(=O)O. The lowest BCUT2D eigenvalue weighted by atomic mass is 9.80. The fourth-order valence-corrected chi connectivity index (χ4v) is 3.84. The van der Waals surface area contributed by atoms with E-state index in [2.05, 4.69) is 13.8 Å². The van der Waals surface area contributed by atoms with Crippen LogP contribution in [0, 0.1) is 11.8 Å². The summed E-state index contributed by atoms with van der Waals surface area (Å²) in [6, 6.07) is 0. The number of hydrogen-bond donors (Lipinski definition) is 3. The lowest BCUT2D eigenvalue weighted by Gasteiger charge is -2.33. The van der Waals surface area contributed by atoms with E-state index in [-0.39, 0.29) is 12.8 Å². The minimum Gasteiger partial charge on any atom is -0.481 e. The first-order valence-corrected chi connectivity index (χ1v) is 12.0. The van der Waals surface area contributed by atoms with Crippen LogP contribution in [0.25, 0.3) is 0 Å². The van der Waals surface area contributed by atoms with Gasteiger partial charge in [-0.25, -0.2) is 4.79 Å². The minimum absolute atomic E-state index is 0.0650. The molecule has 0 aromatic heterocycles. The molecule has 0 aliphatic carbocycles. The van der Waals surface area contributed by atoms with E-state index >= 15 is 0 Å². The molecule has 0 bridgehead atoms. The van der Waals surface area contributed by atoms with E-state index in [1.165, 1.54) is 12.8 Å². The number of ether oxygens (including phenoxy) is 1. The van der Waals surface area contributed by atoms with Crippen LogP contribution >= 0.6 is 0 Å². The Balaban J connectivity index is 5.00. The number of carboxylic acids is 3. The van der Waals surface area contributed by atoms with Crippen molar-refractivity contribution in [2.24, 2.45) is 11.8 Å². The van der Waals surface area contributed by atoms with Crippen LogP contribution in [-0.2, 0) is 23.9 Å². The molecule has 0 fully saturated rings. The van der Waals surface area contributed by atoms with Crippen LogP contribution in [-0.4, -0.2) is 44.8 Å². The number of aliphatic carboxylic acids is 3. The highest BCUT2D eigenvalue weighted by Crippen LogP contribution is 2.33. The van der Waals surface area contributed by atoms with Crippen molar-refractivity contribution in [2.45, 2.75) is 116 Å². The Hall–Kier alpha value is -2.12. The molecule has 0 heterocycles. The first-order valence-electron chi connectivity index (χ1n) is 12.0. The molecule has 3 N–H and O–H groups in total. The van der Waals surface area contributed by atoms with Gasteiger partial charge in [-0.3, -0.25) is 14.4 Å². The van der Waals surface area contributed by atoms with Gasteiger partial charge >= 0.3 is 23.9 Å². The summed E-state index contributed by atoms with van der Waals surface area (Å²) in [5.74, 6) is -6.54. The highest BCUT2D eigenvalue weighted by atomic mass is 16.6. The van der Waals surface area contributed by atoms with Crippen LogP contribution in [0.4, 0.5) is 0 Å². The summed E-state index contributed by atoms with van der Waals surface area (Å²) in [4.78, 5) is 47.6. The third kappa shape index (κ3) is 12.1. The number of rotatable bonds is 20. The maximum Gasteiger partial charge on any atom is 0.349 e. The van der Waals surface area contributed by atoms with E-state index in [4.69, 9.17) is 4.74 Å². The highest BCUT2D eigenvalue weighted by molar-refractivity contribution is 5.92. The Morgan fingerprint density at radius 3 is 1.75 bits per heavy atom. The zero-order valence-electron chi connectivity index (χ0n) is 19.9. The molecule has 8 nitrogen and oxygen atoms in total. The Kier molecular flexibility index (Phi) is 15.4. The van der Waals surface area contributed by atoms with Crippen LogP contribution in [0.15, 0.2) is 0 Å². The quantitative estimate of drug-likeness (QED) is 0.165. The first kappa shape index (κ1) is 29.9. The number of carbonyl (C=O) groups is 4. The molecule has 0 aromatic rings. The Morgan fingerprint density at radius 1 is 0.781 bits per heavy atom. The summed E-state index contributed by atoms with van der Waals surface area (Å²) in [6.45, 7) is 6.33. The van der Waals surface area contributed by atoms with Gasteiger partial charge in [0, 0.05) is 6.42 Å². The molecule has 0 radical (unpaired) electrons.